The summed E-state index contributed by atoms with van der Waals surface area (Å²) in [6, 6.07) is 6.31. The molecule has 2 aromatic rings. The number of nitrogens with zero attached hydrogens (tertiary/aromatic N) is 2. The maximum Gasteiger partial charge on any atom is 0.430 e. The van der Waals surface area contributed by atoms with E-state index in [4.69, 9.17) is 4.74 Å². The number of H-pyrrole nitrogens is 1. The zero-order valence-electron chi connectivity index (χ0n) is 19.5. The van der Waals surface area contributed by atoms with Crippen LogP contribution >= 0.6 is 0 Å². The smallest absolute Gasteiger partial charge is 0.356 e. The number of carbonyl (C=O) groups is 2. The second kappa shape index (κ2) is 8.72. The van der Waals surface area contributed by atoms with Gasteiger partial charge in [-0.1, -0.05) is 29.3 Å². The van der Waals surface area contributed by atoms with Crippen molar-refractivity contribution in [1.29, 1.82) is 0 Å². The Balaban J connectivity index is 1.64. The van der Waals surface area contributed by atoms with Gasteiger partial charge in [0.05, 0.1) is 0 Å². The molecular weight excluding hydrogens is 449 g/mol. The molecule has 2 aliphatic heterocycles. The molecule has 0 bridgehead atoms. The van der Waals surface area contributed by atoms with E-state index in [1.165, 1.54) is 17.0 Å². The fraction of sp³-hybridized carbons (Fsp3) is 0.542. The first-order chi connectivity index (χ1) is 16.0. The van der Waals surface area contributed by atoms with E-state index in [1.807, 2.05) is 6.07 Å². The predicted molar refractivity (Wildman–Crippen MR) is 118 cm³/mol. The van der Waals surface area contributed by atoms with Crippen molar-refractivity contribution < 1.29 is 27.5 Å². The second-order valence-electron chi connectivity index (χ2n) is 9.46. The fourth-order valence-corrected chi connectivity index (χ4v) is 5.65. The molecule has 2 N–H and O–H groups in total. The highest BCUT2D eigenvalue weighted by molar-refractivity contribution is 5.88. The van der Waals surface area contributed by atoms with Crippen molar-refractivity contribution in [3.63, 3.8) is 0 Å². The van der Waals surface area contributed by atoms with Gasteiger partial charge in [0.1, 0.15) is 0 Å². The van der Waals surface area contributed by atoms with E-state index in [-0.39, 0.29) is 36.9 Å². The van der Waals surface area contributed by atoms with Crippen LogP contribution in [0.3, 0.4) is 0 Å². The predicted octanol–water partition coefficient (Wildman–Crippen LogP) is 3.34. The maximum atomic E-state index is 14.5. The van der Waals surface area contributed by atoms with Gasteiger partial charge in [0, 0.05) is 56.5 Å². The van der Waals surface area contributed by atoms with Gasteiger partial charge in [-0.3, -0.25) is 14.7 Å². The molecule has 2 fully saturated rings. The van der Waals surface area contributed by atoms with Crippen LogP contribution in [0.15, 0.2) is 30.5 Å². The summed E-state index contributed by atoms with van der Waals surface area (Å²) < 4.78 is 48.7. The molecule has 184 valence electrons. The molecule has 34 heavy (non-hydrogen) atoms. The van der Waals surface area contributed by atoms with Crippen LogP contribution in [0.4, 0.5) is 13.2 Å². The number of aromatic nitrogens is 2. The molecule has 2 saturated heterocycles. The van der Waals surface area contributed by atoms with Gasteiger partial charge in [-0.05, 0) is 38.2 Å². The molecule has 3 heterocycles. The maximum absolute atomic E-state index is 14.5. The highest BCUT2D eigenvalue weighted by Crippen LogP contribution is 2.50. The third-order valence-corrected chi connectivity index (χ3v) is 7.33. The summed E-state index contributed by atoms with van der Waals surface area (Å²) in [5.74, 6) is -1.27. The van der Waals surface area contributed by atoms with Crippen molar-refractivity contribution in [2.24, 2.45) is 5.41 Å². The van der Waals surface area contributed by atoms with E-state index in [0.717, 1.165) is 12.8 Å². The van der Waals surface area contributed by atoms with E-state index < -0.39 is 23.1 Å². The Morgan fingerprint density at radius 2 is 1.82 bits per heavy atom. The molecule has 1 aromatic carbocycles. The lowest BCUT2D eigenvalue weighted by molar-refractivity contribution is -0.271. The van der Waals surface area contributed by atoms with Crippen LogP contribution in [0.1, 0.15) is 47.6 Å². The Bertz CT molecular complexity index is 1040. The van der Waals surface area contributed by atoms with E-state index in [1.54, 1.807) is 26.1 Å². The van der Waals surface area contributed by atoms with E-state index in [0.29, 0.717) is 30.5 Å². The Kier molecular flexibility index (Phi) is 6.22. The number of aromatic amines is 1. The Morgan fingerprint density at radius 1 is 1.18 bits per heavy atom. The largest absolute Gasteiger partial charge is 0.430 e. The minimum atomic E-state index is -4.96. The number of aryl methyl sites for hydroxylation is 2. The number of ether oxygens (including phenoxy) is 1. The number of piperidine rings is 2. The van der Waals surface area contributed by atoms with Crippen LogP contribution in [-0.4, -0.2) is 59.8 Å². The summed E-state index contributed by atoms with van der Waals surface area (Å²) in [6.07, 6.45) is -2.26. The Morgan fingerprint density at radius 3 is 2.35 bits per heavy atom. The van der Waals surface area contributed by atoms with Crippen LogP contribution in [0, 0.1) is 19.3 Å². The third-order valence-electron chi connectivity index (χ3n) is 7.33. The number of benzene rings is 1. The number of hydrogen-bond donors (Lipinski definition) is 2. The normalized spacial score (nSPS) is 22.4. The summed E-state index contributed by atoms with van der Waals surface area (Å²) in [4.78, 5) is 27.1. The number of hydrogen-bond acceptors (Lipinski definition) is 4. The Hall–Kier alpha value is -2.88. The SMILES string of the molecule is COC(C(=O)N1CCC2(CC1)CC(=O)NCC2c1ccn[nH]1)(c1cc(C)cc(C)c1)C(F)(F)F. The summed E-state index contributed by atoms with van der Waals surface area (Å²) in [5, 5.41) is 9.85. The topological polar surface area (TPSA) is 87.3 Å². The number of rotatable bonds is 4. The molecule has 2 aliphatic rings. The molecule has 1 aromatic heterocycles. The third kappa shape index (κ3) is 3.97. The van der Waals surface area contributed by atoms with Crippen molar-refractivity contribution in [3.05, 3.63) is 52.8 Å². The molecule has 0 saturated carbocycles. The number of alkyl halides is 3. The fourth-order valence-electron chi connectivity index (χ4n) is 5.65. The summed E-state index contributed by atoms with van der Waals surface area (Å²) in [6.45, 7) is 3.99. The molecule has 0 aliphatic carbocycles. The molecule has 2 amide bonds. The average molecular weight is 479 g/mol. The molecule has 0 radical (unpaired) electrons. The van der Waals surface area contributed by atoms with Crippen LogP contribution in [0.5, 0.6) is 0 Å². The van der Waals surface area contributed by atoms with Gasteiger partial charge in [-0.2, -0.15) is 18.3 Å². The summed E-state index contributed by atoms with van der Waals surface area (Å²) >= 11 is 0. The standard InChI is InChI=1S/C24H29F3N4O3/c1-15-10-16(2)12-17(11-15)23(34-3,24(25,26)27)21(33)31-8-5-22(6-9-31)13-20(32)28-14-18(22)19-4-7-29-30-19/h4,7,10-12,18H,5-6,8-9,13-14H2,1-3H3,(H,28,32)(H,29,30). The number of nitrogens with one attached hydrogen (secondary N) is 2. The van der Waals surface area contributed by atoms with Crippen molar-refractivity contribution >= 4 is 11.8 Å². The van der Waals surface area contributed by atoms with Gasteiger partial charge in [-0.15, -0.1) is 0 Å². The highest BCUT2D eigenvalue weighted by Gasteiger charge is 2.64. The number of carbonyl (C=O) groups excluding carboxylic acids is 2. The van der Waals surface area contributed by atoms with E-state index >= 15 is 0 Å². The molecule has 1 spiro atoms. The molecule has 7 nitrogen and oxygen atoms in total. The van der Waals surface area contributed by atoms with Crippen LogP contribution < -0.4 is 5.32 Å². The number of amides is 2. The first-order valence-corrected chi connectivity index (χ1v) is 11.3. The zero-order valence-corrected chi connectivity index (χ0v) is 19.5. The first kappa shape index (κ1) is 24.3. The monoisotopic (exact) mass is 478 g/mol. The van der Waals surface area contributed by atoms with Gasteiger partial charge in [0.15, 0.2) is 0 Å². The van der Waals surface area contributed by atoms with Crippen molar-refractivity contribution in [3.8, 4) is 0 Å². The van der Waals surface area contributed by atoms with E-state index in [9.17, 15) is 22.8 Å². The molecule has 2 unspecified atom stereocenters. The number of halogens is 3. The van der Waals surface area contributed by atoms with Gasteiger partial charge < -0.3 is 15.0 Å². The van der Waals surface area contributed by atoms with Crippen molar-refractivity contribution in [2.75, 3.05) is 26.7 Å². The summed E-state index contributed by atoms with van der Waals surface area (Å²) in [7, 11) is 0.925. The highest BCUT2D eigenvalue weighted by atomic mass is 19.4. The van der Waals surface area contributed by atoms with E-state index in [2.05, 4.69) is 15.5 Å². The molecular formula is C24H29F3N4O3. The van der Waals surface area contributed by atoms with Gasteiger partial charge >= 0.3 is 6.18 Å². The lowest BCUT2D eigenvalue weighted by atomic mass is 9.63. The summed E-state index contributed by atoms with van der Waals surface area (Å²) in [5.41, 5.74) is -1.68. The van der Waals surface area contributed by atoms with Gasteiger partial charge in [0.25, 0.3) is 11.5 Å². The number of methoxy groups -OCH3 is 1. The molecule has 10 heteroatoms. The van der Waals surface area contributed by atoms with Crippen LogP contribution in [0.2, 0.25) is 0 Å². The molecule has 4 rings (SSSR count). The van der Waals surface area contributed by atoms with Crippen LogP contribution in [-0.2, 0) is 19.9 Å². The lowest BCUT2D eigenvalue weighted by Gasteiger charge is -2.49. The lowest BCUT2D eigenvalue weighted by Crippen LogP contribution is -2.60. The Labute approximate surface area is 196 Å². The average Bonchev–Trinajstić information content (AvgIpc) is 3.28. The van der Waals surface area contributed by atoms with Crippen LogP contribution in [0.25, 0.3) is 0 Å². The minimum absolute atomic E-state index is 0.0563. The minimum Gasteiger partial charge on any atom is -0.356 e. The van der Waals surface area contributed by atoms with Gasteiger partial charge in [-0.25, -0.2) is 0 Å². The first-order valence-electron chi connectivity index (χ1n) is 11.3. The van der Waals surface area contributed by atoms with Crippen molar-refractivity contribution in [1.82, 2.24) is 20.4 Å². The zero-order chi connectivity index (χ0) is 24.7. The van der Waals surface area contributed by atoms with Gasteiger partial charge in [0.2, 0.25) is 5.91 Å². The van der Waals surface area contributed by atoms with Crippen molar-refractivity contribution in [2.45, 2.75) is 50.8 Å². The second-order valence-corrected chi connectivity index (χ2v) is 9.46. The quantitative estimate of drug-likeness (QED) is 0.706. The number of likely N-dealkylation sites (tertiary alicyclic amines) is 1. The molecule has 2 atom stereocenters.